The predicted molar refractivity (Wildman–Crippen MR) is 99.3 cm³/mol. The van der Waals surface area contributed by atoms with Gasteiger partial charge in [0.25, 0.3) is 0 Å². The van der Waals surface area contributed by atoms with Crippen LogP contribution in [-0.4, -0.2) is 55.2 Å². The molecular weight excluding hydrogens is 338 g/mol. The summed E-state index contributed by atoms with van der Waals surface area (Å²) in [5, 5.41) is 0.557. The van der Waals surface area contributed by atoms with Crippen molar-refractivity contribution in [2.24, 2.45) is 0 Å². The smallest absolute Gasteiger partial charge is 0.129 e. The van der Waals surface area contributed by atoms with Gasteiger partial charge in [-0.3, -0.25) is 9.80 Å². The highest BCUT2D eigenvalue weighted by molar-refractivity contribution is 6.29. The van der Waals surface area contributed by atoms with Gasteiger partial charge in [-0.25, -0.2) is 4.98 Å². The summed E-state index contributed by atoms with van der Waals surface area (Å²) in [7, 11) is 3.40. The molecule has 0 spiro atoms. The van der Waals surface area contributed by atoms with Crippen molar-refractivity contribution in [2.45, 2.75) is 13.1 Å². The maximum Gasteiger partial charge on any atom is 0.129 e. The fourth-order valence-electron chi connectivity index (χ4n) is 3.15. The molecule has 5 nitrogen and oxygen atoms in total. The molecule has 0 saturated carbocycles. The molecule has 2 heterocycles. The first-order valence-corrected chi connectivity index (χ1v) is 8.82. The lowest BCUT2D eigenvalue weighted by Crippen LogP contribution is -2.45. The molecule has 1 aliphatic heterocycles. The summed E-state index contributed by atoms with van der Waals surface area (Å²) in [5.74, 6) is 1.78. The number of benzene rings is 1. The Bertz CT molecular complexity index is 703. The molecule has 1 saturated heterocycles. The molecule has 0 aliphatic carbocycles. The Morgan fingerprint density at radius 3 is 2.32 bits per heavy atom. The van der Waals surface area contributed by atoms with Crippen LogP contribution >= 0.6 is 11.6 Å². The van der Waals surface area contributed by atoms with Crippen LogP contribution in [0.2, 0.25) is 5.15 Å². The van der Waals surface area contributed by atoms with E-state index < -0.39 is 0 Å². The topological polar surface area (TPSA) is 37.8 Å². The van der Waals surface area contributed by atoms with Crippen molar-refractivity contribution < 1.29 is 9.47 Å². The van der Waals surface area contributed by atoms with E-state index >= 15 is 0 Å². The van der Waals surface area contributed by atoms with Crippen LogP contribution in [0.25, 0.3) is 0 Å². The largest absolute Gasteiger partial charge is 0.497 e. The third-order valence-electron chi connectivity index (χ3n) is 4.54. The fourth-order valence-corrected chi connectivity index (χ4v) is 3.35. The molecule has 0 bridgehead atoms. The standard InChI is InChI=1S/C19H24ClN3O2/c1-24-17-3-4-18(25-2)16(12-17)14-23-9-7-22(8-10-23)13-15-5-6-21-19(20)11-15/h3-6,11-12H,7-10,13-14H2,1-2H3. The van der Waals surface area contributed by atoms with E-state index in [4.69, 9.17) is 21.1 Å². The highest BCUT2D eigenvalue weighted by atomic mass is 35.5. The van der Waals surface area contributed by atoms with Crippen LogP contribution in [0.4, 0.5) is 0 Å². The minimum atomic E-state index is 0.557. The van der Waals surface area contributed by atoms with Gasteiger partial charge in [0.05, 0.1) is 14.2 Å². The van der Waals surface area contributed by atoms with Crippen LogP contribution in [0.15, 0.2) is 36.5 Å². The first-order chi connectivity index (χ1) is 12.2. The quantitative estimate of drug-likeness (QED) is 0.739. The molecule has 0 atom stereocenters. The molecular formula is C19H24ClN3O2. The van der Waals surface area contributed by atoms with Gasteiger partial charge in [-0.2, -0.15) is 0 Å². The lowest BCUT2D eigenvalue weighted by molar-refractivity contribution is 0.121. The molecule has 1 aromatic heterocycles. The molecule has 3 rings (SSSR count). The molecule has 0 radical (unpaired) electrons. The number of pyridine rings is 1. The van der Waals surface area contributed by atoms with Crippen LogP contribution in [0, 0.1) is 0 Å². The second kappa shape index (κ2) is 8.52. The number of halogens is 1. The molecule has 1 fully saturated rings. The van der Waals surface area contributed by atoms with E-state index in [1.54, 1.807) is 20.4 Å². The summed E-state index contributed by atoms with van der Waals surface area (Å²) in [4.78, 5) is 8.94. The number of hydrogen-bond acceptors (Lipinski definition) is 5. The van der Waals surface area contributed by atoms with Crippen LogP contribution < -0.4 is 9.47 Å². The summed E-state index contributed by atoms with van der Waals surface area (Å²) in [6.45, 7) is 5.91. The van der Waals surface area contributed by atoms with Gasteiger partial charge in [0.15, 0.2) is 0 Å². The van der Waals surface area contributed by atoms with Gasteiger partial charge in [0.2, 0.25) is 0 Å². The Morgan fingerprint density at radius 1 is 0.960 bits per heavy atom. The van der Waals surface area contributed by atoms with Crippen molar-refractivity contribution in [1.82, 2.24) is 14.8 Å². The van der Waals surface area contributed by atoms with E-state index in [2.05, 4.69) is 20.9 Å². The second-order valence-electron chi connectivity index (χ2n) is 6.22. The maximum atomic E-state index is 5.97. The number of piperazine rings is 1. The summed E-state index contributed by atoms with van der Waals surface area (Å²) in [5.41, 5.74) is 2.37. The minimum Gasteiger partial charge on any atom is -0.497 e. The maximum absolute atomic E-state index is 5.97. The summed E-state index contributed by atoms with van der Waals surface area (Å²) in [6, 6.07) is 9.93. The monoisotopic (exact) mass is 361 g/mol. The lowest BCUT2D eigenvalue weighted by Gasteiger charge is -2.35. The van der Waals surface area contributed by atoms with Gasteiger partial charge in [-0.05, 0) is 35.9 Å². The lowest BCUT2D eigenvalue weighted by atomic mass is 10.1. The average molecular weight is 362 g/mol. The zero-order chi connectivity index (χ0) is 17.6. The molecule has 134 valence electrons. The Morgan fingerprint density at radius 2 is 1.68 bits per heavy atom. The van der Waals surface area contributed by atoms with Crippen molar-refractivity contribution in [3.05, 3.63) is 52.8 Å². The molecule has 0 N–H and O–H groups in total. The van der Waals surface area contributed by atoms with E-state index in [1.165, 1.54) is 5.56 Å². The molecule has 2 aromatic rings. The Hall–Kier alpha value is -1.82. The summed E-state index contributed by atoms with van der Waals surface area (Å²) in [6.07, 6.45) is 1.77. The molecule has 25 heavy (non-hydrogen) atoms. The third kappa shape index (κ3) is 4.84. The highest BCUT2D eigenvalue weighted by Crippen LogP contribution is 2.25. The van der Waals surface area contributed by atoms with E-state index in [1.807, 2.05) is 24.3 Å². The van der Waals surface area contributed by atoms with Crippen molar-refractivity contribution in [2.75, 3.05) is 40.4 Å². The van der Waals surface area contributed by atoms with Crippen LogP contribution in [0.3, 0.4) is 0 Å². The van der Waals surface area contributed by atoms with Crippen molar-refractivity contribution >= 4 is 11.6 Å². The summed E-state index contributed by atoms with van der Waals surface area (Å²) >= 11 is 5.97. The molecule has 1 aliphatic rings. The van der Waals surface area contributed by atoms with E-state index in [-0.39, 0.29) is 0 Å². The SMILES string of the molecule is COc1ccc(OC)c(CN2CCN(Cc3ccnc(Cl)c3)CC2)c1. The Kier molecular flexibility index (Phi) is 6.13. The number of ether oxygens (including phenoxy) is 2. The van der Waals surface area contributed by atoms with E-state index in [9.17, 15) is 0 Å². The van der Waals surface area contributed by atoms with Gasteiger partial charge in [0, 0.05) is 51.0 Å². The predicted octanol–water partition coefficient (Wildman–Crippen LogP) is 3.07. The second-order valence-corrected chi connectivity index (χ2v) is 6.60. The molecule has 1 aromatic carbocycles. The number of aromatic nitrogens is 1. The van der Waals surface area contributed by atoms with Crippen molar-refractivity contribution in [3.63, 3.8) is 0 Å². The Labute approximate surface area is 154 Å². The molecule has 0 unspecified atom stereocenters. The zero-order valence-corrected chi connectivity index (χ0v) is 15.5. The first-order valence-electron chi connectivity index (χ1n) is 8.44. The number of rotatable bonds is 6. The van der Waals surface area contributed by atoms with Gasteiger partial charge in [0.1, 0.15) is 16.7 Å². The van der Waals surface area contributed by atoms with Crippen molar-refractivity contribution in [3.8, 4) is 11.5 Å². The molecule has 0 amide bonds. The van der Waals surface area contributed by atoms with Crippen LogP contribution in [0.1, 0.15) is 11.1 Å². The average Bonchev–Trinajstić information content (AvgIpc) is 2.63. The number of hydrogen-bond donors (Lipinski definition) is 0. The fraction of sp³-hybridized carbons (Fsp3) is 0.421. The minimum absolute atomic E-state index is 0.557. The first kappa shape index (κ1) is 18.0. The highest BCUT2D eigenvalue weighted by Gasteiger charge is 2.18. The van der Waals surface area contributed by atoms with E-state index in [0.717, 1.165) is 56.3 Å². The van der Waals surface area contributed by atoms with Crippen LogP contribution in [0.5, 0.6) is 11.5 Å². The van der Waals surface area contributed by atoms with Gasteiger partial charge < -0.3 is 9.47 Å². The van der Waals surface area contributed by atoms with Gasteiger partial charge in [-0.1, -0.05) is 11.6 Å². The number of nitrogens with zero attached hydrogens (tertiary/aromatic N) is 3. The van der Waals surface area contributed by atoms with E-state index in [0.29, 0.717) is 5.15 Å². The normalized spacial score (nSPS) is 16.0. The van der Waals surface area contributed by atoms with Gasteiger partial charge in [-0.15, -0.1) is 0 Å². The van der Waals surface area contributed by atoms with Gasteiger partial charge >= 0.3 is 0 Å². The van der Waals surface area contributed by atoms with Crippen molar-refractivity contribution in [1.29, 1.82) is 0 Å². The summed E-state index contributed by atoms with van der Waals surface area (Å²) < 4.78 is 10.8. The number of methoxy groups -OCH3 is 2. The Balaban J connectivity index is 1.56. The zero-order valence-electron chi connectivity index (χ0n) is 14.7. The van der Waals surface area contributed by atoms with Crippen LogP contribution in [-0.2, 0) is 13.1 Å². The third-order valence-corrected chi connectivity index (χ3v) is 4.75. The molecule has 6 heteroatoms.